The third-order valence-electron chi connectivity index (χ3n) is 3.98. The van der Waals surface area contributed by atoms with Gasteiger partial charge in [-0.2, -0.15) is 0 Å². The number of fused-ring (bicyclic) bond motifs is 4. The Morgan fingerprint density at radius 1 is 1.05 bits per heavy atom. The van der Waals surface area contributed by atoms with Gasteiger partial charge in [0, 0.05) is 44.4 Å². The van der Waals surface area contributed by atoms with Gasteiger partial charge in [-0.05, 0) is 30.9 Å². The molecule has 4 rings (SSSR count). The molecule has 98 valence electrons. The number of H-pyrrole nitrogens is 1. The lowest BCUT2D eigenvalue weighted by molar-refractivity contribution is 1.34. The monoisotopic (exact) mass is 278 g/mol. The number of pyridine rings is 1. The quantitative estimate of drug-likeness (QED) is 0.502. The van der Waals surface area contributed by atoms with Crippen molar-refractivity contribution in [3.8, 4) is 0 Å². The molecule has 1 N–H and O–H groups in total. The number of benzene rings is 2. The van der Waals surface area contributed by atoms with Gasteiger partial charge in [-0.1, -0.05) is 18.2 Å². The number of hydrogen-bond acceptors (Lipinski definition) is 2. The van der Waals surface area contributed by atoms with Gasteiger partial charge in [-0.25, -0.2) is 0 Å². The van der Waals surface area contributed by atoms with Gasteiger partial charge in [-0.15, -0.1) is 11.8 Å². The van der Waals surface area contributed by atoms with Crippen LogP contribution in [0.1, 0.15) is 5.56 Å². The molecule has 0 spiro atoms. The van der Waals surface area contributed by atoms with Crippen LogP contribution in [0.4, 0.5) is 0 Å². The molecule has 2 heterocycles. The molecule has 0 atom stereocenters. The summed E-state index contributed by atoms with van der Waals surface area (Å²) in [5.41, 5.74) is 3.75. The highest BCUT2D eigenvalue weighted by Gasteiger charge is 2.15. The highest BCUT2D eigenvalue weighted by molar-refractivity contribution is 7.99. The number of aromatic amines is 1. The average Bonchev–Trinajstić information content (AvgIpc) is 2.87. The maximum absolute atomic E-state index is 4.30. The zero-order valence-electron chi connectivity index (χ0n) is 11.4. The molecule has 0 radical (unpaired) electrons. The van der Waals surface area contributed by atoms with Crippen molar-refractivity contribution in [1.29, 1.82) is 0 Å². The molecule has 0 amide bonds. The third-order valence-corrected chi connectivity index (χ3v) is 4.81. The molecule has 0 aliphatic rings. The first-order valence-electron chi connectivity index (χ1n) is 6.62. The molecular weight excluding hydrogens is 264 g/mol. The maximum atomic E-state index is 4.30. The highest BCUT2D eigenvalue weighted by Crippen LogP contribution is 2.40. The number of rotatable bonds is 1. The van der Waals surface area contributed by atoms with E-state index in [2.05, 4.69) is 53.5 Å². The number of aromatic nitrogens is 2. The first-order chi connectivity index (χ1) is 9.81. The van der Waals surface area contributed by atoms with E-state index in [1.165, 1.54) is 43.0 Å². The predicted octanol–water partition coefficient (Wildman–Crippen LogP) is 4.90. The summed E-state index contributed by atoms with van der Waals surface area (Å²) in [6, 6.07) is 10.6. The van der Waals surface area contributed by atoms with E-state index in [4.69, 9.17) is 0 Å². The molecule has 0 saturated heterocycles. The van der Waals surface area contributed by atoms with Crippen LogP contribution in [-0.4, -0.2) is 16.2 Å². The molecule has 2 aromatic carbocycles. The molecule has 0 bridgehead atoms. The second-order valence-electron chi connectivity index (χ2n) is 5.00. The fraction of sp³-hybridized carbons (Fsp3) is 0.118. The summed E-state index contributed by atoms with van der Waals surface area (Å²) in [5, 5.41) is 5.14. The van der Waals surface area contributed by atoms with Crippen molar-refractivity contribution in [3.63, 3.8) is 0 Å². The minimum absolute atomic E-state index is 1.20. The number of hydrogen-bond donors (Lipinski definition) is 1. The summed E-state index contributed by atoms with van der Waals surface area (Å²) in [4.78, 5) is 9.19. The predicted molar refractivity (Wildman–Crippen MR) is 87.6 cm³/mol. The van der Waals surface area contributed by atoms with Gasteiger partial charge in [0.05, 0.1) is 5.52 Å². The number of nitrogens with zero attached hydrogens (tertiary/aromatic N) is 1. The molecule has 0 unspecified atom stereocenters. The molecule has 20 heavy (non-hydrogen) atoms. The molecule has 3 heteroatoms. The van der Waals surface area contributed by atoms with Gasteiger partial charge in [0.25, 0.3) is 0 Å². The second-order valence-corrected chi connectivity index (χ2v) is 5.82. The zero-order valence-corrected chi connectivity index (χ0v) is 12.2. The minimum Gasteiger partial charge on any atom is -0.354 e. The fourth-order valence-corrected chi connectivity index (χ4v) is 3.83. The molecule has 0 fully saturated rings. The lowest BCUT2D eigenvalue weighted by Gasteiger charge is -2.09. The summed E-state index contributed by atoms with van der Waals surface area (Å²) in [6.07, 6.45) is 5.98. The van der Waals surface area contributed by atoms with Gasteiger partial charge in [0.15, 0.2) is 0 Å². The van der Waals surface area contributed by atoms with Crippen LogP contribution in [0.15, 0.2) is 47.6 Å². The summed E-state index contributed by atoms with van der Waals surface area (Å²) in [6.45, 7) is 2.19. The van der Waals surface area contributed by atoms with Crippen LogP contribution in [0, 0.1) is 6.92 Å². The van der Waals surface area contributed by atoms with Crippen LogP contribution < -0.4 is 0 Å². The number of para-hydroxylation sites is 1. The lowest BCUT2D eigenvalue weighted by atomic mass is 10.0. The third kappa shape index (κ3) is 1.44. The van der Waals surface area contributed by atoms with E-state index in [1.807, 2.05) is 12.4 Å². The molecular formula is C17H14N2S. The van der Waals surface area contributed by atoms with Crippen molar-refractivity contribution in [2.24, 2.45) is 0 Å². The van der Waals surface area contributed by atoms with Gasteiger partial charge in [-0.3, -0.25) is 4.98 Å². The summed E-state index contributed by atoms with van der Waals surface area (Å²) < 4.78 is 0. The molecule has 0 aliphatic heterocycles. The standard InChI is InChI=1S/C17H14N2S/c1-10-13-9-18-8-7-11(13)17(20-2)16-15(10)12-5-3-4-6-14(12)19-16/h3-9,19H,1-2H3. The van der Waals surface area contributed by atoms with E-state index >= 15 is 0 Å². The summed E-state index contributed by atoms with van der Waals surface area (Å²) in [7, 11) is 0. The Labute approximate surface area is 121 Å². The fourth-order valence-electron chi connectivity index (χ4n) is 3.07. The van der Waals surface area contributed by atoms with Gasteiger partial charge in [0.1, 0.15) is 0 Å². The Hall–Kier alpha value is -2.00. The van der Waals surface area contributed by atoms with E-state index in [-0.39, 0.29) is 0 Å². The van der Waals surface area contributed by atoms with Crippen LogP contribution in [0.3, 0.4) is 0 Å². The molecule has 4 aromatic rings. The Balaban J connectivity index is 2.37. The van der Waals surface area contributed by atoms with Crippen molar-refractivity contribution >= 4 is 44.3 Å². The SMILES string of the molecule is CSc1c2ccncc2c(C)c2c1[nH]c1ccccc12. The summed E-state index contributed by atoms with van der Waals surface area (Å²) in [5.74, 6) is 0. The Morgan fingerprint density at radius 3 is 2.75 bits per heavy atom. The van der Waals surface area contributed by atoms with Crippen LogP contribution in [-0.2, 0) is 0 Å². The van der Waals surface area contributed by atoms with Crippen molar-refractivity contribution in [2.45, 2.75) is 11.8 Å². The van der Waals surface area contributed by atoms with Crippen LogP contribution in [0.5, 0.6) is 0 Å². The summed E-state index contributed by atoms with van der Waals surface area (Å²) >= 11 is 1.79. The van der Waals surface area contributed by atoms with E-state index in [0.717, 1.165) is 0 Å². The van der Waals surface area contributed by atoms with Gasteiger partial charge < -0.3 is 4.98 Å². The lowest BCUT2D eigenvalue weighted by Crippen LogP contribution is -1.86. The van der Waals surface area contributed by atoms with Gasteiger partial charge >= 0.3 is 0 Å². The van der Waals surface area contributed by atoms with E-state index in [9.17, 15) is 0 Å². The Morgan fingerprint density at radius 2 is 1.90 bits per heavy atom. The van der Waals surface area contributed by atoms with Crippen molar-refractivity contribution in [1.82, 2.24) is 9.97 Å². The average molecular weight is 278 g/mol. The van der Waals surface area contributed by atoms with Gasteiger partial charge in [0.2, 0.25) is 0 Å². The first kappa shape index (κ1) is 11.8. The van der Waals surface area contributed by atoms with Crippen LogP contribution in [0.25, 0.3) is 32.6 Å². The normalized spacial score (nSPS) is 11.7. The van der Waals surface area contributed by atoms with Crippen LogP contribution >= 0.6 is 11.8 Å². The molecule has 2 aromatic heterocycles. The van der Waals surface area contributed by atoms with Crippen molar-refractivity contribution in [3.05, 3.63) is 48.3 Å². The van der Waals surface area contributed by atoms with E-state index in [0.29, 0.717) is 0 Å². The largest absolute Gasteiger partial charge is 0.354 e. The highest BCUT2D eigenvalue weighted by atomic mass is 32.2. The maximum Gasteiger partial charge on any atom is 0.0612 e. The second kappa shape index (κ2) is 4.25. The number of thioether (sulfide) groups is 1. The van der Waals surface area contributed by atoms with E-state index < -0.39 is 0 Å². The molecule has 0 aliphatic carbocycles. The minimum atomic E-state index is 1.20. The number of nitrogens with one attached hydrogen (secondary N) is 1. The molecule has 0 saturated carbocycles. The first-order valence-corrected chi connectivity index (χ1v) is 7.84. The smallest absolute Gasteiger partial charge is 0.0612 e. The Kier molecular flexibility index (Phi) is 2.51. The molecule has 2 nitrogen and oxygen atoms in total. The van der Waals surface area contributed by atoms with Crippen molar-refractivity contribution in [2.75, 3.05) is 6.26 Å². The Bertz CT molecular complexity index is 953. The van der Waals surface area contributed by atoms with Crippen LogP contribution in [0.2, 0.25) is 0 Å². The number of aryl methyl sites for hydroxylation is 1. The topological polar surface area (TPSA) is 28.7 Å². The van der Waals surface area contributed by atoms with Crippen molar-refractivity contribution < 1.29 is 0 Å². The van der Waals surface area contributed by atoms with E-state index in [1.54, 1.807) is 11.8 Å². The zero-order chi connectivity index (χ0) is 13.7.